The van der Waals surface area contributed by atoms with Gasteiger partial charge in [-0.15, -0.1) is 11.3 Å². The van der Waals surface area contributed by atoms with Crippen LogP contribution in [0, 0.1) is 5.92 Å². The van der Waals surface area contributed by atoms with E-state index in [-0.39, 0.29) is 18.4 Å². The lowest BCUT2D eigenvalue weighted by Gasteiger charge is -2.30. The van der Waals surface area contributed by atoms with E-state index in [9.17, 15) is 9.59 Å². The Hall–Kier alpha value is -2.19. The second kappa shape index (κ2) is 8.26. The zero-order valence-electron chi connectivity index (χ0n) is 14.2. The van der Waals surface area contributed by atoms with Crippen molar-refractivity contribution in [1.29, 1.82) is 0 Å². The number of furan rings is 1. The predicted molar refractivity (Wildman–Crippen MR) is 95.5 cm³/mol. The topological polar surface area (TPSA) is 87.5 Å². The van der Waals surface area contributed by atoms with E-state index in [1.165, 1.54) is 36.7 Å². The minimum Gasteiger partial charge on any atom is -0.472 e. The second-order valence-corrected chi connectivity index (χ2v) is 7.23. The summed E-state index contributed by atoms with van der Waals surface area (Å²) in [5.74, 6) is 0.0812. The first-order chi connectivity index (χ1) is 12.1. The number of hydrogen-bond donors (Lipinski definition) is 2. The monoisotopic (exact) mass is 362 g/mol. The molecule has 8 heteroatoms. The molecule has 134 valence electrons. The van der Waals surface area contributed by atoms with Crippen molar-refractivity contribution in [2.75, 3.05) is 25.0 Å². The molecule has 2 N–H and O–H groups in total. The summed E-state index contributed by atoms with van der Waals surface area (Å²) >= 11 is 1.40. The van der Waals surface area contributed by atoms with Crippen molar-refractivity contribution in [1.82, 2.24) is 15.2 Å². The highest BCUT2D eigenvalue weighted by Crippen LogP contribution is 2.20. The van der Waals surface area contributed by atoms with Gasteiger partial charge in [0.05, 0.1) is 24.1 Å². The highest BCUT2D eigenvalue weighted by molar-refractivity contribution is 7.13. The smallest absolute Gasteiger partial charge is 0.254 e. The molecular weight excluding hydrogens is 340 g/mol. The minimum absolute atomic E-state index is 0.109. The number of carbonyl (C=O) groups is 2. The molecule has 0 spiro atoms. The number of anilines is 1. The Morgan fingerprint density at radius 2 is 2.36 bits per heavy atom. The van der Waals surface area contributed by atoms with Crippen molar-refractivity contribution in [3.63, 3.8) is 0 Å². The standard InChI is InChI=1S/C17H22N4O3S/c1-12-3-2-5-21(8-12)9-14-11-25-17(19-14)20-15(22)7-18-16(23)13-4-6-24-10-13/h4,6,10-12H,2-3,5,7-9H2,1H3,(H,18,23)(H,19,20,22). The third-order valence-electron chi connectivity index (χ3n) is 4.12. The van der Waals surface area contributed by atoms with E-state index < -0.39 is 0 Å². The molecule has 0 bridgehead atoms. The highest BCUT2D eigenvalue weighted by atomic mass is 32.1. The summed E-state index contributed by atoms with van der Waals surface area (Å²) in [6.07, 6.45) is 5.27. The van der Waals surface area contributed by atoms with Crippen LogP contribution in [0.3, 0.4) is 0 Å². The summed E-state index contributed by atoms with van der Waals surface area (Å²) in [7, 11) is 0. The molecule has 3 heterocycles. The average molecular weight is 362 g/mol. The van der Waals surface area contributed by atoms with E-state index in [1.54, 1.807) is 6.07 Å². The van der Waals surface area contributed by atoms with Crippen LogP contribution in [0.5, 0.6) is 0 Å². The molecule has 7 nitrogen and oxygen atoms in total. The average Bonchev–Trinajstić information content (AvgIpc) is 3.25. The Bertz CT molecular complexity index is 713. The molecule has 0 aliphatic carbocycles. The van der Waals surface area contributed by atoms with Gasteiger partial charge in [0.2, 0.25) is 5.91 Å². The SMILES string of the molecule is CC1CCCN(Cc2csc(NC(=O)CNC(=O)c3ccoc3)n2)C1. The molecular formula is C17H22N4O3S. The van der Waals surface area contributed by atoms with Gasteiger partial charge in [0.25, 0.3) is 5.91 Å². The van der Waals surface area contributed by atoms with Gasteiger partial charge < -0.3 is 15.1 Å². The maximum atomic E-state index is 11.9. The molecule has 1 atom stereocenters. The van der Waals surface area contributed by atoms with E-state index in [2.05, 4.69) is 27.4 Å². The number of nitrogens with zero attached hydrogens (tertiary/aromatic N) is 2. The first-order valence-corrected chi connectivity index (χ1v) is 9.25. The number of aromatic nitrogens is 1. The Balaban J connectivity index is 1.44. The van der Waals surface area contributed by atoms with Gasteiger partial charge >= 0.3 is 0 Å². The largest absolute Gasteiger partial charge is 0.472 e. The van der Waals surface area contributed by atoms with Crippen molar-refractivity contribution in [3.8, 4) is 0 Å². The summed E-state index contributed by atoms with van der Waals surface area (Å²) in [4.78, 5) is 30.5. The Labute approximate surface area is 150 Å². The number of amides is 2. The first-order valence-electron chi connectivity index (χ1n) is 8.37. The first kappa shape index (κ1) is 17.6. The zero-order valence-corrected chi connectivity index (χ0v) is 15.0. The van der Waals surface area contributed by atoms with Crippen LogP contribution in [0.2, 0.25) is 0 Å². The molecule has 1 aliphatic rings. The van der Waals surface area contributed by atoms with Gasteiger partial charge in [-0.25, -0.2) is 4.98 Å². The van der Waals surface area contributed by atoms with E-state index in [4.69, 9.17) is 4.42 Å². The van der Waals surface area contributed by atoms with E-state index in [1.807, 2.05) is 5.38 Å². The summed E-state index contributed by atoms with van der Waals surface area (Å²) in [6.45, 7) is 5.18. The fraction of sp³-hybridized carbons (Fsp3) is 0.471. The van der Waals surface area contributed by atoms with Crippen LogP contribution in [0.15, 0.2) is 28.4 Å². The number of nitrogens with one attached hydrogen (secondary N) is 2. The lowest BCUT2D eigenvalue weighted by atomic mass is 10.0. The zero-order chi connectivity index (χ0) is 17.6. The third-order valence-corrected chi connectivity index (χ3v) is 4.92. The molecule has 0 radical (unpaired) electrons. The maximum Gasteiger partial charge on any atom is 0.254 e. The Morgan fingerprint density at radius 3 is 3.12 bits per heavy atom. The van der Waals surface area contributed by atoms with E-state index in [0.29, 0.717) is 10.7 Å². The fourth-order valence-electron chi connectivity index (χ4n) is 2.92. The van der Waals surface area contributed by atoms with Gasteiger partial charge in [-0.1, -0.05) is 6.92 Å². The molecule has 3 rings (SSSR count). The lowest BCUT2D eigenvalue weighted by Crippen LogP contribution is -2.34. The van der Waals surface area contributed by atoms with Crippen LogP contribution in [0.4, 0.5) is 5.13 Å². The van der Waals surface area contributed by atoms with Crippen molar-refractivity contribution in [2.24, 2.45) is 5.92 Å². The van der Waals surface area contributed by atoms with Gasteiger partial charge in [-0.3, -0.25) is 14.5 Å². The normalized spacial score (nSPS) is 18.0. The number of thiazole rings is 1. The van der Waals surface area contributed by atoms with Gasteiger partial charge in [-0.2, -0.15) is 0 Å². The van der Waals surface area contributed by atoms with Crippen LogP contribution in [0.1, 0.15) is 35.8 Å². The molecule has 1 fully saturated rings. The van der Waals surface area contributed by atoms with Gasteiger partial charge in [0.15, 0.2) is 5.13 Å². The fourth-order valence-corrected chi connectivity index (χ4v) is 3.63. The van der Waals surface area contributed by atoms with Gasteiger partial charge in [0.1, 0.15) is 6.26 Å². The summed E-state index contributed by atoms with van der Waals surface area (Å²) in [6, 6.07) is 1.54. The van der Waals surface area contributed by atoms with Gasteiger partial charge in [0, 0.05) is 18.5 Å². The number of hydrogen-bond acceptors (Lipinski definition) is 6. The molecule has 2 aromatic rings. The van der Waals surface area contributed by atoms with Crippen LogP contribution in [0.25, 0.3) is 0 Å². The van der Waals surface area contributed by atoms with E-state index >= 15 is 0 Å². The van der Waals surface area contributed by atoms with E-state index in [0.717, 1.165) is 31.2 Å². The van der Waals surface area contributed by atoms with Crippen LogP contribution in [-0.4, -0.2) is 41.3 Å². The third kappa shape index (κ3) is 5.14. The molecule has 1 saturated heterocycles. The van der Waals surface area contributed by atoms with Gasteiger partial charge in [-0.05, 0) is 31.4 Å². The predicted octanol–water partition coefficient (Wildman–Crippen LogP) is 2.34. The molecule has 2 aromatic heterocycles. The minimum atomic E-state index is -0.344. The van der Waals surface area contributed by atoms with Crippen LogP contribution < -0.4 is 10.6 Å². The van der Waals surface area contributed by atoms with Crippen molar-refractivity contribution in [3.05, 3.63) is 35.2 Å². The van der Waals surface area contributed by atoms with Crippen molar-refractivity contribution >= 4 is 28.3 Å². The van der Waals surface area contributed by atoms with Crippen molar-refractivity contribution in [2.45, 2.75) is 26.3 Å². The molecule has 0 saturated carbocycles. The number of likely N-dealkylation sites (tertiary alicyclic amines) is 1. The number of carbonyl (C=O) groups excluding carboxylic acids is 2. The Morgan fingerprint density at radius 1 is 1.48 bits per heavy atom. The molecule has 0 aromatic carbocycles. The quantitative estimate of drug-likeness (QED) is 0.823. The summed E-state index contributed by atoms with van der Waals surface area (Å²) < 4.78 is 4.84. The molecule has 25 heavy (non-hydrogen) atoms. The molecule has 2 amide bonds. The molecule has 1 unspecified atom stereocenters. The summed E-state index contributed by atoms with van der Waals surface area (Å²) in [5, 5.41) is 7.79. The van der Waals surface area contributed by atoms with Crippen LogP contribution >= 0.6 is 11.3 Å². The number of rotatable bonds is 6. The highest BCUT2D eigenvalue weighted by Gasteiger charge is 2.17. The maximum absolute atomic E-state index is 11.9. The Kier molecular flexibility index (Phi) is 5.83. The molecule has 1 aliphatic heterocycles. The summed E-state index contributed by atoms with van der Waals surface area (Å²) in [5.41, 5.74) is 1.36. The van der Waals surface area contributed by atoms with Crippen LogP contribution in [-0.2, 0) is 11.3 Å². The number of piperidine rings is 1. The second-order valence-electron chi connectivity index (χ2n) is 6.37. The lowest BCUT2D eigenvalue weighted by molar-refractivity contribution is -0.115. The van der Waals surface area contributed by atoms with Crippen molar-refractivity contribution < 1.29 is 14.0 Å².